The van der Waals surface area contributed by atoms with Gasteiger partial charge in [-0.05, 0) is 20.8 Å². The van der Waals surface area contributed by atoms with Gasteiger partial charge in [0.15, 0.2) is 13.6 Å². The molecular formula is C35H76N4O18. The van der Waals surface area contributed by atoms with E-state index in [9.17, 15) is 4.79 Å². The largest absolute Gasteiger partial charge is 0.444 e. The van der Waals surface area contributed by atoms with E-state index in [1.807, 2.05) is 20.8 Å². The molecule has 0 radical (unpaired) electrons. The molecule has 0 unspecified atom stereocenters. The van der Waals surface area contributed by atoms with Crippen LogP contribution < -0.4 is 22.5 Å². The predicted molar refractivity (Wildman–Crippen MR) is 205 cm³/mol. The van der Waals surface area contributed by atoms with Crippen LogP contribution in [0.1, 0.15) is 20.8 Å². The van der Waals surface area contributed by atoms with Gasteiger partial charge in [0.05, 0.1) is 145 Å². The van der Waals surface area contributed by atoms with E-state index < -0.39 is 11.7 Å². The molecule has 0 fully saturated rings. The summed E-state index contributed by atoms with van der Waals surface area (Å²) in [4.78, 5) is 30.8. The SMILES string of the molecule is CC(C)(C)OC(=O)NCCOCCOCCOCCOCCOOCOCCOCCN.NCCOCCOCCOCCOCCOOCOCCOCCN. The first-order chi connectivity index (χ1) is 27.9. The molecule has 0 heterocycles. The van der Waals surface area contributed by atoms with Gasteiger partial charge in [0.1, 0.15) is 18.8 Å². The molecule has 1 amide bonds. The van der Waals surface area contributed by atoms with Gasteiger partial charge in [0.25, 0.3) is 0 Å². The first-order valence-electron chi connectivity index (χ1n) is 19.4. The zero-order valence-electron chi connectivity index (χ0n) is 34.8. The zero-order chi connectivity index (χ0) is 42.0. The molecule has 344 valence electrons. The molecule has 0 saturated heterocycles. The minimum Gasteiger partial charge on any atom is -0.444 e. The summed E-state index contributed by atoms with van der Waals surface area (Å²) in [7, 11) is 0. The van der Waals surface area contributed by atoms with Gasteiger partial charge in [-0.1, -0.05) is 0 Å². The number of carbonyl (C=O) groups is 1. The molecule has 57 heavy (non-hydrogen) atoms. The van der Waals surface area contributed by atoms with Crippen LogP contribution in [0.4, 0.5) is 4.79 Å². The molecule has 0 aromatic carbocycles. The monoisotopic (exact) mass is 841 g/mol. The van der Waals surface area contributed by atoms with E-state index >= 15 is 0 Å². The van der Waals surface area contributed by atoms with Gasteiger partial charge in [0.2, 0.25) is 0 Å². The molecule has 0 aromatic rings. The molecule has 0 rings (SSSR count). The third-order valence-electron chi connectivity index (χ3n) is 5.73. The number of hydrogen-bond acceptors (Lipinski definition) is 21. The molecule has 0 atom stereocenters. The van der Waals surface area contributed by atoms with Crippen LogP contribution in [0.25, 0.3) is 0 Å². The number of nitrogens with two attached hydrogens (primary N) is 3. The van der Waals surface area contributed by atoms with Crippen LogP contribution in [0, 0.1) is 0 Å². The van der Waals surface area contributed by atoms with Crippen molar-refractivity contribution in [2.75, 3.05) is 198 Å². The summed E-state index contributed by atoms with van der Waals surface area (Å²) in [6.07, 6.45) is -0.454. The smallest absolute Gasteiger partial charge is 0.407 e. The summed E-state index contributed by atoms with van der Waals surface area (Å²) in [6.45, 7) is 18.5. The fourth-order valence-electron chi connectivity index (χ4n) is 3.31. The van der Waals surface area contributed by atoms with Crippen molar-refractivity contribution < 1.29 is 85.9 Å². The highest BCUT2D eigenvalue weighted by Crippen LogP contribution is 2.06. The summed E-state index contributed by atoms with van der Waals surface area (Å²) in [5.41, 5.74) is 15.3. The number of carbonyl (C=O) groups excluding carboxylic acids is 1. The van der Waals surface area contributed by atoms with E-state index in [1.165, 1.54) is 0 Å². The summed E-state index contributed by atoms with van der Waals surface area (Å²) < 4.78 is 68.1. The standard InChI is InChI=1S/C20H42N2O10.C15H34N2O8/c1-20(2,3)32-19(23)22-5-7-25-8-9-26-10-11-27-12-13-28-16-17-30-31-18-29-15-14-24-6-4-21;16-1-3-18-5-6-20-7-8-21-9-10-22-13-14-24-25-15-23-12-11-19-4-2-17/h4-18,21H2,1-3H3,(H,22,23);1-17H2. The van der Waals surface area contributed by atoms with Crippen molar-refractivity contribution in [3.63, 3.8) is 0 Å². The Morgan fingerprint density at radius 2 is 0.632 bits per heavy atom. The van der Waals surface area contributed by atoms with Crippen LogP contribution in [0.2, 0.25) is 0 Å². The molecule has 0 aliphatic heterocycles. The molecule has 0 aliphatic rings. The quantitative estimate of drug-likeness (QED) is 0.0258. The maximum Gasteiger partial charge on any atom is 0.407 e. The summed E-state index contributed by atoms with van der Waals surface area (Å²) in [5.74, 6) is 0. The molecule has 0 spiro atoms. The van der Waals surface area contributed by atoms with Crippen molar-refractivity contribution in [2.45, 2.75) is 26.4 Å². The van der Waals surface area contributed by atoms with Crippen molar-refractivity contribution in [3.8, 4) is 0 Å². The number of hydrogen-bond donors (Lipinski definition) is 4. The Hall–Kier alpha value is -1.49. The Kier molecular flexibility index (Phi) is 51.2. The third kappa shape index (κ3) is 58.9. The normalized spacial score (nSPS) is 11.5. The van der Waals surface area contributed by atoms with Crippen LogP contribution in [0.15, 0.2) is 0 Å². The van der Waals surface area contributed by atoms with Gasteiger partial charge in [-0.25, -0.2) is 24.3 Å². The van der Waals surface area contributed by atoms with Crippen molar-refractivity contribution >= 4 is 6.09 Å². The van der Waals surface area contributed by atoms with Crippen molar-refractivity contribution in [3.05, 3.63) is 0 Å². The van der Waals surface area contributed by atoms with Crippen LogP contribution in [0.3, 0.4) is 0 Å². The van der Waals surface area contributed by atoms with Gasteiger partial charge >= 0.3 is 6.09 Å². The highest BCUT2D eigenvalue weighted by Gasteiger charge is 2.15. The maximum atomic E-state index is 11.4. The lowest BCUT2D eigenvalue weighted by molar-refractivity contribution is -0.340. The molecule has 0 aromatic heterocycles. The van der Waals surface area contributed by atoms with Crippen molar-refractivity contribution in [1.82, 2.24) is 5.32 Å². The fourth-order valence-corrected chi connectivity index (χ4v) is 3.31. The number of nitrogens with one attached hydrogen (secondary N) is 1. The van der Waals surface area contributed by atoms with E-state index in [1.54, 1.807) is 0 Å². The summed E-state index contributed by atoms with van der Waals surface area (Å²) >= 11 is 0. The molecule has 22 nitrogen and oxygen atoms in total. The first kappa shape index (κ1) is 57.6. The van der Waals surface area contributed by atoms with Crippen molar-refractivity contribution in [2.24, 2.45) is 17.2 Å². The predicted octanol–water partition coefficient (Wildman–Crippen LogP) is -0.616. The third-order valence-corrected chi connectivity index (χ3v) is 5.73. The second kappa shape index (κ2) is 50.7. The molecule has 0 saturated carbocycles. The highest BCUT2D eigenvalue weighted by atomic mass is 17.2. The van der Waals surface area contributed by atoms with Crippen molar-refractivity contribution in [1.29, 1.82) is 0 Å². The first-order valence-corrected chi connectivity index (χ1v) is 19.4. The van der Waals surface area contributed by atoms with Gasteiger partial charge < -0.3 is 84.1 Å². The average Bonchev–Trinajstić information content (AvgIpc) is 3.18. The van der Waals surface area contributed by atoms with Crippen LogP contribution in [-0.4, -0.2) is 210 Å². The minimum atomic E-state index is -0.507. The molecule has 0 bridgehead atoms. The summed E-state index contributed by atoms with van der Waals surface area (Å²) in [6, 6.07) is 0. The molecule has 22 heteroatoms. The Bertz CT molecular complexity index is 743. The van der Waals surface area contributed by atoms with Gasteiger partial charge in [-0.15, -0.1) is 0 Å². The Balaban J connectivity index is 0. The van der Waals surface area contributed by atoms with Crippen LogP contribution in [-0.2, 0) is 81.1 Å². The topological polar surface area (TPSA) is 264 Å². The lowest BCUT2D eigenvalue weighted by atomic mass is 10.2. The van der Waals surface area contributed by atoms with Gasteiger partial charge in [-0.3, -0.25) is 0 Å². The lowest BCUT2D eigenvalue weighted by Gasteiger charge is -2.19. The van der Waals surface area contributed by atoms with E-state index in [-0.39, 0.29) is 13.6 Å². The Morgan fingerprint density at radius 1 is 0.368 bits per heavy atom. The lowest BCUT2D eigenvalue weighted by Crippen LogP contribution is -2.34. The zero-order valence-corrected chi connectivity index (χ0v) is 34.8. The van der Waals surface area contributed by atoms with E-state index in [4.69, 9.17) is 98.3 Å². The Labute approximate surface area is 339 Å². The van der Waals surface area contributed by atoms with E-state index in [2.05, 4.69) is 5.32 Å². The number of amides is 1. The van der Waals surface area contributed by atoms with E-state index in [0.717, 1.165) is 0 Å². The highest BCUT2D eigenvalue weighted by molar-refractivity contribution is 5.67. The van der Waals surface area contributed by atoms with Gasteiger partial charge in [0, 0.05) is 26.2 Å². The van der Waals surface area contributed by atoms with Crippen LogP contribution >= 0.6 is 0 Å². The van der Waals surface area contributed by atoms with Crippen LogP contribution in [0.5, 0.6) is 0 Å². The summed E-state index contributed by atoms with van der Waals surface area (Å²) in [5, 5.41) is 2.62. The average molecular weight is 841 g/mol. The molecule has 0 aliphatic carbocycles. The second-order valence-corrected chi connectivity index (χ2v) is 11.9. The second-order valence-electron chi connectivity index (χ2n) is 11.9. The molecule has 7 N–H and O–H groups in total. The fraction of sp³-hybridized carbons (Fsp3) is 0.971. The maximum absolute atomic E-state index is 11.4. The Morgan fingerprint density at radius 3 is 0.930 bits per heavy atom. The number of alkyl carbamates (subject to hydrolysis) is 1. The number of ether oxygens (including phenoxy) is 13. The number of rotatable bonds is 45. The van der Waals surface area contributed by atoms with E-state index in [0.29, 0.717) is 185 Å². The minimum absolute atomic E-state index is 0.0309. The van der Waals surface area contributed by atoms with Gasteiger partial charge in [-0.2, -0.15) is 0 Å². The molecular weight excluding hydrogens is 764 g/mol.